The van der Waals surface area contributed by atoms with Crippen LogP contribution >= 0.6 is 0 Å². The third kappa shape index (κ3) is 3.51. The van der Waals surface area contributed by atoms with Crippen molar-refractivity contribution in [3.05, 3.63) is 0 Å². The normalized spacial score (nSPS) is 21.3. The first-order valence-electron chi connectivity index (χ1n) is 5.47. The summed E-state index contributed by atoms with van der Waals surface area (Å²) in [6.45, 7) is 4.70. The smallest absolute Gasteiger partial charge is 0.239 e. The molecule has 0 radical (unpaired) electrons. The van der Waals surface area contributed by atoms with E-state index in [4.69, 9.17) is 0 Å². The van der Waals surface area contributed by atoms with Gasteiger partial charge >= 0.3 is 0 Å². The number of amides is 2. The van der Waals surface area contributed by atoms with E-state index < -0.39 is 0 Å². The lowest BCUT2D eigenvalue weighted by Crippen LogP contribution is -2.59. The highest BCUT2D eigenvalue weighted by atomic mass is 16.2. The maximum atomic E-state index is 11.7. The SMILES string of the molecule is CCC(CC)NC(=O)C1CNC(=O)CN1. The molecule has 0 aromatic carbocycles. The first-order chi connectivity index (χ1) is 7.17. The van der Waals surface area contributed by atoms with E-state index in [0.717, 1.165) is 12.8 Å². The van der Waals surface area contributed by atoms with E-state index in [1.807, 2.05) is 13.8 Å². The fourth-order valence-corrected chi connectivity index (χ4v) is 1.55. The molecule has 0 saturated carbocycles. The van der Waals surface area contributed by atoms with Crippen LogP contribution in [0.4, 0.5) is 0 Å². The number of piperazine rings is 1. The summed E-state index contributed by atoms with van der Waals surface area (Å²) in [4.78, 5) is 22.6. The second kappa shape index (κ2) is 5.70. The molecule has 15 heavy (non-hydrogen) atoms. The van der Waals surface area contributed by atoms with Crippen molar-refractivity contribution >= 4 is 11.8 Å². The van der Waals surface area contributed by atoms with Crippen LogP contribution in [0.2, 0.25) is 0 Å². The van der Waals surface area contributed by atoms with Crippen LogP contribution < -0.4 is 16.0 Å². The zero-order valence-corrected chi connectivity index (χ0v) is 9.30. The average molecular weight is 213 g/mol. The second-order valence-electron chi connectivity index (χ2n) is 3.76. The lowest BCUT2D eigenvalue weighted by Gasteiger charge is -2.25. The zero-order valence-electron chi connectivity index (χ0n) is 9.30. The van der Waals surface area contributed by atoms with Gasteiger partial charge in [0.15, 0.2) is 0 Å². The number of rotatable bonds is 4. The number of hydrogen-bond acceptors (Lipinski definition) is 3. The van der Waals surface area contributed by atoms with Gasteiger partial charge in [0.05, 0.1) is 6.54 Å². The molecule has 3 N–H and O–H groups in total. The Bertz CT molecular complexity index is 229. The third-order valence-corrected chi connectivity index (χ3v) is 2.66. The van der Waals surface area contributed by atoms with Crippen LogP contribution in [0, 0.1) is 0 Å². The lowest BCUT2D eigenvalue weighted by molar-refractivity contribution is -0.127. The molecule has 1 aliphatic rings. The van der Waals surface area contributed by atoms with E-state index >= 15 is 0 Å². The van der Waals surface area contributed by atoms with E-state index in [9.17, 15) is 9.59 Å². The van der Waals surface area contributed by atoms with Crippen LogP contribution in [-0.4, -0.2) is 37.0 Å². The van der Waals surface area contributed by atoms with Crippen LogP contribution in [0.3, 0.4) is 0 Å². The highest BCUT2D eigenvalue weighted by molar-refractivity contribution is 5.86. The Kier molecular flexibility index (Phi) is 4.55. The maximum absolute atomic E-state index is 11.7. The molecule has 2 amide bonds. The van der Waals surface area contributed by atoms with Crippen molar-refractivity contribution in [1.29, 1.82) is 0 Å². The molecule has 86 valence electrons. The molecule has 0 bridgehead atoms. The number of hydrogen-bond donors (Lipinski definition) is 3. The van der Waals surface area contributed by atoms with Crippen LogP contribution in [0.1, 0.15) is 26.7 Å². The maximum Gasteiger partial charge on any atom is 0.239 e. The minimum Gasteiger partial charge on any atom is -0.353 e. The molecule has 5 heteroatoms. The molecule has 1 aliphatic heterocycles. The molecule has 0 aromatic rings. The molecular formula is C10H19N3O2. The van der Waals surface area contributed by atoms with Gasteiger partial charge in [-0.1, -0.05) is 13.8 Å². The Morgan fingerprint density at radius 1 is 1.53 bits per heavy atom. The summed E-state index contributed by atoms with van der Waals surface area (Å²) >= 11 is 0. The largest absolute Gasteiger partial charge is 0.353 e. The topological polar surface area (TPSA) is 70.2 Å². The van der Waals surface area contributed by atoms with Gasteiger partial charge in [0.2, 0.25) is 11.8 Å². The van der Waals surface area contributed by atoms with Gasteiger partial charge in [-0.05, 0) is 12.8 Å². The van der Waals surface area contributed by atoms with E-state index in [1.54, 1.807) is 0 Å². The Morgan fingerprint density at radius 3 is 2.67 bits per heavy atom. The summed E-state index contributed by atoms with van der Waals surface area (Å²) in [5.41, 5.74) is 0. The van der Waals surface area contributed by atoms with Crippen molar-refractivity contribution in [1.82, 2.24) is 16.0 Å². The van der Waals surface area contributed by atoms with Gasteiger partial charge in [-0.3, -0.25) is 14.9 Å². The van der Waals surface area contributed by atoms with Gasteiger partial charge in [-0.25, -0.2) is 0 Å². The lowest BCUT2D eigenvalue weighted by atomic mass is 10.1. The Labute approximate surface area is 90.0 Å². The predicted octanol–water partition coefficient (Wildman–Crippen LogP) is -0.621. The molecule has 1 fully saturated rings. The van der Waals surface area contributed by atoms with Crippen molar-refractivity contribution in [3.63, 3.8) is 0 Å². The quantitative estimate of drug-likeness (QED) is 0.583. The molecule has 1 atom stereocenters. The van der Waals surface area contributed by atoms with E-state index in [-0.39, 0.29) is 30.4 Å². The van der Waals surface area contributed by atoms with Gasteiger partial charge in [0, 0.05) is 12.6 Å². The van der Waals surface area contributed by atoms with E-state index in [2.05, 4.69) is 16.0 Å². The molecule has 0 aromatic heterocycles. The summed E-state index contributed by atoms with van der Waals surface area (Å²) < 4.78 is 0. The van der Waals surface area contributed by atoms with E-state index in [0.29, 0.717) is 6.54 Å². The van der Waals surface area contributed by atoms with Gasteiger partial charge in [0.1, 0.15) is 6.04 Å². The molecule has 1 unspecified atom stereocenters. The summed E-state index contributed by atoms with van der Waals surface area (Å²) in [5, 5.41) is 8.51. The monoisotopic (exact) mass is 213 g/mol. The standard InChI is InChI=1S/C10H19N3O2/c1-3-7(4-2)13-10(15)8-5-12-9(14)6-11-8/h7-8,11H,3-6H2,1-2H3,(H,12,14)(H,13,15). The Balaban J connectivity index is 2.36. The summed E-state index contributed by atoms with van der Waals surface area (Å²) in [6, 6.07) is -0.0553. The predicted molar refractivity (Wildman–Crippen MR) is 57.3 cm³/mol. The minimum atomic E-state index is -0.289. The summed E-state index contributed by atoms with van der Waals surface area (Å²) in [6.07, 6.45) is 1.86. The number of carbonyl (C=O) groups is 2. The molecule has 1 heterocycles. The fraction of sp³-hybridized carbons (Fsp3) is 0.800. The van der Waals surface area contributed by atoms with Gasteiger partial charge in [0.25, 0.3) is 0 Å². The Morgan fingerprint density at radius 2 is 2.20 bits per heavy atom. The molecule has 0 spiro atoms. The molecule has 0 aliphatic carbocycles. The minimum absolute atomic E-state index is 0.0244. The third-order valence-electron chi connectivity index (χ3n) is 2.66. The van der Waals surface area contributed by atoms with E-state index in [1.165, 1.54) is 0 Å². The van der Waals surface area contributed by atoms with Crippen molar-refractivity contribution in [2.45, 2.75) is 38.8 Å². The molecule has 5 nitrogen and oxygen atoms in total. The van der Waals surface area contributed by atoms with Gasteiger partial charge in [-0.15, -0.1) is 0 Å². The molecular weight excluding hydrogens is 194 g/mol. The van der Waals surface area contributed by atoms with Crippen LogP contribution in [0.5, 0.6) is 0 Å². The second-order valence-corrected chi connectivity index (χ2v) is 3.76. The van der Waals surface area contributed by atoms with Crippen molar-refractivity contribution < 1.29 is 9.59 Å². The zero-order chi connectivity index (χ0) is 11.3. The van der Waals surface area contributed by atoms with Gasteiger partial charge in [-0.2, -0.15) is 0 Å². The first kappa shape index (κ1) is 12.0. The Hall–Kier alpha value is -1.10. The van der Waals surface area contributed by atoms with Gasteiger partial charge < -0.3 is 10.6 Å². The fourth-order valence-electron chi connectivity index (χ4n) is 1.55. The highest BCUT2D eigenvalue weighted by Crippen LogP contribution is 1.97. The molecule has 1 rings (SSSR count). The van der Waals surface area contributed by atoms with Crippen LogP contribution in [0.25, 0.3) is 0 Å². The van der Waals surface area contributed by atoms with Crippen molar-refractivity contribution in [2.75, 3.05) is 13.1 Å². The summed E-state index contributed by atoms with van der Waals surface area (Å²) in [7, 11) is 0. The average Bonchev–Trinajstić information content (AvgIpc) is 2.26. The van der Waals surface area contributed by atoms with Crippen molar-refractivity contribution in [3.8, 4) is 0 Å². The van der Waals surface area contributed by atoms with Crippen LogP contribution in [-0.2, 0) is 9.59 Å². The number of nitrogens with one attached hydrogen (secondary N) is 3. The first-order valence-corrected chi connectivity index (χ1v) is 5.47. The molecule has 1 saturated heterocycles. The van der Waals surface area contributed by atoms with Crippen molar-refractivity contribution in [2.24, 2.45) is 0 Å². The van der Waals surface area contributed by atoms with Crippen LogP contribution in [0.15, 0.2) is 0 Å². The summed E-state index contributed by atoms with van der Waals surface area (Å²) in [5.74, 6) is -0.0784. The number of carbonyl (C=O) groups excluding carboxylic acids is 2. The highest BCUT2D eigenvalue weighted by Gasteiger charge is 2.24.